The standard InChI is InChI=1S/C21H26N6O2/c1-14-6-7-16(15(2)11-14)18-13-27(8-10-29-18)21(22-3)23-12-19-24-20(26-25-19)17-5-4-9-28-17/h4-7,9,11,18H,8,10,12-13H2,1-3H3,(H,22,23)(H,24,25,26). The van der Waals surface area contributed by atoms with E-state index < -0.39 is 0 Å². The van der Waals surface area contributed by atoms with E-state index in [0.717, 1.165) is 24.9 Å². The van der Waals surface area contributed by atoms with Crippen LogP contribution >= 0.6 is 0 Å². The van der Waals surface area contributed by atoms with E-state index in [0.29, 0.717) is 24.7 Å². The summed E-state index contributed by atoms with van der Waals surface area (Å²) in [7, 11) is 1.79. The number of aryl methyl sites for hydroxylation is 2. The Bertz CT molecular complexity index is 979. The second kappa shape index (κ2) is 8.48. The second-order valence-corrected chi connectivity index (χ2v) is 7.15. The Balaban J connectivity index is 1.40. The summed E-state index contributed by atoms with van der Waals surface area (Å²) < 4.78 is 11.4. The fraction of sp³-hybridized carbons (Fsp3) is 0.381. The summed E-state index contributed by atoms with van der Waals surface area (Å²) in [6.45, 7) is 6.93. The molecule has 3 aromatic rings. The van der Waals surface area contributed by atoms with E-state index in [1.165, 1.54) is 16.7 Å². The van der Waals surface area contributed by atoms with Crippen molar-refractivity contribution in [1.82, 2.24) is 25.4 Å². The van der Waals surface area contributed by atoms with Crippen molar-refractivity contribution in [3.05, 3.63) is 59.1 Å². The van der Waals surface area contributed by atoms with Crippen LogP contribution < -0.4 is 5.32 Å². The van der Waals surface area contributed by atoms with Gasteiger partial charge in [-0.25, -0.2) is 4.98 Å². The Morgan fingerprint density at radius 1 is 1.34 bits per heavy atom. The number of aromatic nitrogens is 3. The monoisotopic (exact) mass is 394 g/mol. The molecule has 2 aromatic heterocycles. The zero-order chi connectivity index (χ0) is 20.2. The van der Waals surface area contributed by atoms with Gasteiger partial charge in [-0.15, -0.1) is 5.10 Å². The molecule has 1 saturated heterocycles. The van der Waals surface area contributed by atoms with E-state index in [1.54, 1.807) is 13.3 Å². The van der Waals surface area contributed by atoms with Gasteiger partial charge in [0, 0.05) is 13.6 Å². The lowest BCUT2D eigenvalue weighted by atomic mass is 10.00. The molecular weight excluding hydrogens is 368 g/mol. The first-order valence-electron chi connectivity index (χ1n) is 9.73. The van der Waals surface area contributed by atoms with E-state index >= 15 is 0 Å². The lowest BCUT2D eigenvalue weighted by Gasteiger charge is -2.35. The number of hydrogen-bond donors (Lipinski definition) is 2. The number of rotatable bonds is 4. The van der Waals surface area contributed by atoms with Crippen LogP contribution in [-0.4, -0.2) is 52.8 Å². The van der Waals surface area contributed by atoms with E-state index in [4.69, 9.17) is 9.15 Å². The molecule has 0 amide bonds. The van der Waals surface area contributed by atoms with Crippen molar-refractivity contribution < 1.29 is 9.15 Å². The summed E-state index contributed by atoms with van der Waals surface area (Å²) in [5.41, 5.74) is 3.75. The first kappa shape index (κ1) is 19.2. The molecule has 8 nitrogen and oxygen atoms in total. The minimum absolute atomic E-state index is 0.0266. The SMILES string of the molecule is CN=C(NCc1nc(-c2ccco2)n[nH]1)N1CCOC(c2ccc(C)cc2C)C1. The van der Waals surface area contributed by atoms with Gasteiger partial charge >= 0.3 is 0 Å². The average molecular weight is 394 g/mol. The van der Waals surface area contributed by atoms with Crippen molar-refractivity contribution >= 4 is 5.96 Å². The molecule has 152 valence electrons. The largest absolute Gasteiger partial charge is 0.461 e. The van der Waals surface area contributed by atoms with Gasteiger partial charge < -0.3 is 19.4 Å². The summed E-state index contributed by atoms with van der Waals surface area (Å²) in [5.74, 6) is 2.72. The number of nitrogens with zero attached hydrogens (tertiary/aromatic N) is 4. The predicted molar refractivity (Wildman–Crippen MR) is 110 cm³/mol. The molecule has 1 aromatic carbocycles. The highest BCUT2D eigenvalue weighted by molar-refractivity contribution is 5.80. The molecule has 1 aliphatic rings. The van der Waals surface area contributed by atoms with Crippen LogP contribution in [-0.2, 0) is 11.3 Å². The molecular formula is C21H26N6O2. The Labute approximate surface area is 170 Å². The number of aromatic amines is 1. The fourth-order valence-corrected chi connectivity index (χ4v) is 3.60. The minimum Gasteiger partial charge on any atom is -0.461 e. The first-order chi connectivity index (χ1) is 14.1. The van der Waals surface area contributed by atoms with Crippen LogP contribution in [0.15, 0.2) is 46.0 Å². The molecule has 4 rings (SSSR count). The Kier molecular flexibility index (Phi) is 5.62. The van der Waals surface area contributed by atoms with Gasteiger partial charge in [0.2, 0.25) is 5.82 Å². The summed E-state index contributed by atoms with van der Waals surface area (Å²) in [6.07, 6.45) is 1.63. The number of hydrogen-bond acceptors (Lipinski definition) is 5. The van der Waals surface area contributed by atoms with Crippen molar-refractivity contribution in [2.75, 3.05) is 26.7 Å². The van der Waals surface area contributed by atoms with Crippen molar-refractivity contribution in [2.45, 2.75) is 26.5 Å². The lowest BCUT2D eigenvalue weighted by Crippen LogP contribution is -2.48. The van der Waals surface area contributed by atoms with Crippen molar-refractivity contribution in [3.8, 4) is 11.6 Å². The summed E-state index contributed by atoms with van der Waals surface area (Å²) >= 11 is 0. The molecule has 0 radical (unpaired) electrons. The Morgan fingerprint density at radius 2 is 2.24 bits per heavy atom. The number of benzene rings is 1. The van der Waals surface area contributed by atoms with Gasteiger partial charge in [0.15, 0.2) is 11.7 Å². The highest BCUT2D eigenvalue weighted by Gasteiger charge is 2.25. The van der Waals surface area contributed by atoms with Crippen LogP contribution in [0.5, 0.6) is 0 Å². The third-order valence-corrected chi connectivity index (χ3v) is 5.04. The minimum atomic E-state index is 0.0266. The smallest absolute Gasteiger partial charge is 0.216 e. The third-order valence-electron chi connectivity index (χ3n) is 5.04. The molecule has 0 saturated carbocycles. The normalized spacial score (nSPS) is 17.6. The zero-order valence-electron chi connectivity index (χ0n) is 17.0. The topological polar surface area (TPSA) is 91.6 Å². The van der Waals surface area contributed by atoms with Crippen LogP contribution in [0.4, 0.5) is 0 Å². The second-order valence-electron chi connectivity index (χ2n) is 7.15. The van der Waals surface area contributed by atoms with Crippen LogP contribution in [0.25, 0.3) is 11.6 Å². The number of ether oxygens (including phenoxy) is 1. The summed E-state index contributed by atoms with van der Waals surface area (Å²) in [6, 6.07) is 10.2. The Hall–Kier alpha value is -3.13. The number of morpholine rings is 1. The van der Waals surface area contributed by atoms with Crippen molar-refractivity contribution in [1.29, 1.82) is 0 Å². The average Bonchev–Trinajstić information content (AvgIpc) is 3.40. The van der Waals surface area contributed by atoms with Crippen molar-refractivity contribution in [3.63, 3.8) is 0 Å². The van der Waals surface area contributed by atoms with E-state index in [-0.39, 0.29) is 6.10 Å². The molecule has 8 heteroatoms. The predicted octanol–water partition coefficient (Wildman–Crippen LogP) is 2.83. The van der Waals surface area contributed by atoms with Gasteiger partial charge in [0.25, 0.3) is 0 Å². The maximum absolute atomic E-state index is 6.05. The van der Waals surface area contributed by atoms with Crippen molar-refractivity contribution in [2.24, 2.45) is 4.99 Å². The molecule has 29 heavy (non-hydrogen) atoms. The highest BCUT2D eigenvalue weighted by Crippen LogP contribution is 2.26. The first-order valence-corrected chi connectivity index (χ1v) is 9.73. The molecule has 1 aliphatic heterocycles. The fourth-order valence-electron chi connectivity index (χ4n) is 3.60. The van der Waals surface area contributed by atoms with Crippen LogP contribution in [0.3, 0.4) is 0 Å². The van der Waals surface area contributed by atoms with Crippen LogP contribution in [0.2, 0.25) is 0 Å². The maximum Gasteiger partial charge on any atom is 0.216 e. The molecule has 0 spiro atoms. The maximum atomic E-state index is 6.05. The summed E-state index contributed by atoms with van der Waals surface area (Å²) in [4.78, 5) is 11.1. The lowest BCUT2D eigenvalue weighted by molar-refractivity contribution is -0.00835. The van der Waals surface area contributed by atoms with E-state index in [1.807, 2.05) is 12.1 Å². The molecule has 2 N–H and O–H groups in total. The van der Waals surface area contributed by atoms with Gasteiger partial charge in [-0.2, -0.15) is 0 Å². The number of H-pyrrole nitrogens is 1. The van der Waals surface area contributed by atoms with Crippen LogP contribution in [0.1, 0.15) is 28.6 Å². The number of nitrogens with one attached hydrogen (secondary N) is 2. The van der Waals surface area contributed by atoms with Gasteiger partial charge in [-0.05, 0) is 37.1 Å². The van der Waals surface area contributed by atoms with E-state index in [2.05, 4.69) is 62.4 Å². The molecule has 1 unspecified atom stereocenters. The number of guanidine groups is 1. The highest BCUT2D eigenvalue weighted by atomic mass is 16.5. The Morgan fingerprint density at radius 3 is 3.00 bits per heavy atom. The molecule has 0 bridgehead atoms. The molecule has 1 atom stereocenters. The molecule has 1 fully saturated rings. The summed E-state index contributed by atoms with van der Waals surface area (Å²) in [5, 5.41) is 10.5. The molecule has 0 aliphatic carbocycles. The molecule has 3 heterocycles. The van der Waals surface area contributed by atoms with Gasteiger partial charge in [0.1, 0.15) is 11.9 Å². The quantitative estimate of drug-likeness (QED) is 0.522. The van der Waals surface area contributed by atoms with Gasteiger partial charge in [-0.3, -0.25) is 10.1 Å². The number of aliphatic imine (C=N–C) groups is 1. The van der Waals surface area contributed by atoms with Crippen LogP contribution in [0, 0.1) is 13.8 Å². The van der Waals surface area contributed by atoms with E-state index in [9.17, 15) is 0 Å². The zero-order valence-corrected chi connectivity index (χ0v) is 17.0. The number of furan rings is 1. The third kappa shape index (κ3) is 4.32. The van der Waals surface area contributed by atoms with Gasteiger partial charge in [0.05, 0.1) is 26.0 Å². The van der Waals surface area contributed by atoms with Gasteiger partial charge in [-0.1, -0.05) is 23.8 Å².